The van der Waals surface area contributed by atoms with Crippen molar-refractivity contribution in [2.75, 3.05) is 13.1 Å². The number of hydrogen-bond donors (Lipinski definition) is 1. The van der Waals surface area contributed by atoms with E-state index in [0.29, 0.717) is 5.41 Å². The Balaban J connectivity index is 2.13. The molecule has 2 rings (SSSR count). The second-order valence-electron chi connectivity index (χ2n) is 6.62. The maximum atomic E-state index is 6.59. The lowest BCUT2D eigenvalue weighted by atomic mass is 9.86. The zero-order valence-electron chi connectivity index (χ0n) is 11.4. The van der Waals surface area contributed by atoms with Crippen molar-refractivity contribution in [2.45, 2.75) is 71.0 Å². The molecule has 2 aliphatic rings. The first kappa shape index (κ1) is 12.4. The first-order valence-electron chi connectivity index (χ1n) is 6.86. The summed E-state index contributed by atoms with van der Waals surface area (Å²) in [4.78, 5) is 0. The van der Waals surface area contributed by atoms with E-state index >= 15 is 0 Å². The minimum atomic E-state index is 0.0959. The van der Waals surface area contributed by atoms with Crippen LogP contribution in [-0.4, -0.2) is 24.3 Å². The Hall–Kier alpha value is -0.0800. The van der Waals surface area contributed by atoms with E-state index in [-0.39, 0.29) is 11.2 Å². The van der Waals surface area contributed by atoms with Crippen molar-refractivity contribution < 1.29 is 4.74 Å². The highest BCUT2D eigenvalue weighted by atomic mass is 16.5. The number of morpholine rings is 1. The molecule has 2 heteroatoms. The number of hydrogen-bond acceptors (Lipinski definition) is 2. The van der Waals surface area contributed by atoms with Gasteiger partial charge in [0.1, 0.15) is 0 Å². The highest BCUT2D eigenvalue weighted by molar-refractivity contribution is 5.02. The molecule has 1 aliphatic heterocycles. The number of ether oxygens (including phenoxy) is 1. The van der Waals surface area contributed by atoms with Crippen LogP contribution in [0.15, 0.2) is 0 Å². The summed E-state index contributed by atoms with van der Waals surface area (Å²) in [5, 5.41) is 3.62. The fraction of sp³-hybridized carbons (Fsp3) is 1.00. The van der Waals surface area contributed by atoms with Crippen molar-refractivity contribution in [1.82, 2.24) is 5.32 Å². The maximum absolute atomic E-state index is 6.59. The van der Waals surface area contributed by atoms with Gasteiger partial charge in [0.2, 0.25) is 0 Å². The van der Waals surface area contributed by atoms with Gasteiger partial charge in [-0.2, -0.15) is 0 Å². The monoisotopic (exact) mass is 225 g/mol. The Morgan fingerprint density at radius 2 is 1.75 bits per heavy atom. The molecule has 1 aliphatic carbocycles. The first-order valence-corrected chi connectivity index (χ1v) is 6.86. The van der Waals surface area contributed by atoms with E-state index in [1.165, 1.54) is 19.3 Å². The van der Waals surface area contributed by atoms with E-state index in [1.54, 1.807) is 0 Å². The molecule has 0 aromatic heterocycles. The van der Waals surface area contributed by atoms with Crippen LogP contribution in [0.4, 0.5) is 0 Å². The van der Waals surface area contributed by atoms with Gasteiger partial charge >= 0.3 is 0 Å². The molecule has 1 saturated heterocycles. The fourth-order valence-corrected chi connectivity index (χ4v) is 3.55. The summed E-state index contributed by atoms with van der Waals surface area (Å²) in [6.45, 7) is 11.3. The smallest absolute Gasteiger partial charge is 0.0819 e. The summed E-state index contributed by atoms with van der Waals surface area (Å²) in [5.74, 6) is 0. The maximum Gasteiger partial charge on any atom is 0.0819 e. The van der Waals surface area contributed by atoms with Crippen molar-refractivity contribution in [3.63, 3.8) is 0 Å². The average molecular weight is 225 g/mol. The Morgan fingerprint density at radius 3 is 2.25 bits per heavy atom. The van der Waals surface area contributed by atoms with Crippen LogP contribution >= 0.6 is 0 Å². The molecule has 1 atom stereocenters. The van der Waals surface area contributed by atoms with Crippen LogP contribution in [0.25, 0.3) is 0 Å². The molecular formula is C14H27NO. The standard InChI is InChI=1S/C14H27NO/c1-5-13(6-2)10-15-11-14(16-13)8-7-12(3,4)9-14/h15H,5-11H2,1-4H3. The number of nitrogens with one attached hydrogen (secondary N) is 1. The van der Waals surface area contributed by atoms with E-state index < -0.39 is 0 Å². The fourth-order valence-electron chi connectivity index (χ4n) is 3.55. The predicted octanol–water partition coefficient (Wildman–Crippen LogP) is 3.11. The molecule has 1 spiro atoms. The molecule has 1 saturated carbocycles. The zero-order chi connectivity index (χ0) is 11.9. The van der Waals surface area contributed by atoms with Crippen molar-refractivity contribution in [2.24, 2.45) is 5.41 Å². The van der Waals surface area contributed by atoms with Crippen LogP contribution in [0.1, 0.15) is 59.8 Å². The third-order valence-corrected chi connectivity index (χ3v) is 4.67. The van der Waals surface area contributed by atoms with Crippen LogP contribution in [-0.2, 0) is 4.74 Å². The molecular weight excluding hydrogens is 198 g/mol. The van der Waals surface area contributed by atoms with Crippen molar-refractivity contribution in [3.8, 4) is 0 Å². The van der Waals surface area contributed by atoms with E-state index in [0.717, 1.165) is 25.9 Å². The van der Waals surface area contributed by atoms with Crippen LogP contribution in [0.5, 0.6) is 0 Å². The van der Waals surface area contributed by atoms with Crippen molar-refractivity contribution >= 4 is 0 Å². The molecule has 2 nitrogen and oxygen atoms in total. The van der Waals surface area contributed by atoms with E-state index in [4.69, 9.17) is 4.74 Å². The normalized spacial score (nSPS) is 36.8. The van der Waals surface area contributed by atoms with Crippen molar-refractivity contribution in [3.05, 3.63) is 0 Å². The van der Waals surface area contributed by atoms with Crippen LogP contribution in [0, 0.1) is 5.41 Å². The topological polar surface area (TPSA) is 21.3 Å². The van der Waals surface area contributed by atoms with Crippen LogP contribution in [0.2, 0.25) is 0 Å². The van der Waals surface area contributed by atoms with Gasteiger partial charge in [-0.3, -0.25) is 0 Å². The van der Waals surface area contributed by atoms with Gasteiger partial charge in [0, 0.05) is 13.1 Å². The third kappa shape index (κ3) is 2.14. The molecule has 1 unspecified atom stereocenters. The summed E-state index contributed by atoms with van der Waals surface area (Å²) in [6.07, 6.45) is 6.00. The van der Waals surface area contributed by atoms with E-state index in [1.807, 2.05) is 0 Å². The minimum Gasteiger partial charge on any atom is -0.366 e. The Morgan fingerprint density at radius 1 is 1.06 bits per heavy atom. The van der Waals surface area contributed by atoms with Gasteiger partial charge in [0.15, 0.2) is 0 Å². The molecule has 1 heterocycles. The van der Waals surface area contributed by atoms with Gasteiger partial charge in [0.25, 0.3) is 0 Å². The Kier molecular flexibility index (Phi) is 3.09. The van der Waals surface area contributed by atoms with Crippen LogP contribution < -0.4 is 5.32 Å². The molecule has 2 fully saturated rings. The zero-order valence-corrected chi connectivity index (χ0v) is 11.4. The second kappa shape index (κ2) is 3.99. The van der Waals surface area contributed by atoms with Gasteiger partial charge in [0.05, 0.1) is 11.2 Å². The Labute approximate surface area is 100 Å². The first-order chi connectivity index (χ1) is 7.45. The van der Waals surface area contributed by atoms with E-state index in [9.17, 15) is 0 Å². The lowest BCUT2D eigenvalue weighted by Gasteiger charge is -2.47. The van der Waals surface area contributed by atoms with Gasteiger partial charge < -0.3 is 10.1 Å². The lowest BCUT2D eigenvalue weighted by Crippen LogP contribution is -2.59. The molecule has 16 heavy (non-hydrogen) atoms. The summed E-state index contributed by atoms with van der Waals surface area (Å²) < 4.78 is 6.59. The Bertz CT molecular complexity index is 257. The quantitative estimate of drug-likeness (QED) is 0.779. The second-order valence-corrected chi connectivity index (χ2v) is 6.62. The average Bonchev–Trinajstić information content (AvgIpc) is 2.54. The molecule has 0 aromatic rings. The van der Waals surface area contributed by atoms with E-state index in [2.05, 4.69) is 33.0 Å². The molecule has 0 radical (unpaired) electrons. The highest BCUT2D eigenvalue weighted by Crippen LogP contribution is 2.48. The minimum absolute atomic E-state index is 0.0959. The van der Waals surface area contributed by atoms with Gasteiger partial charge in [-0.25, -0.2) is 0 Å². The SMILES string of the molecule is CCC1(CC)CNCC2(CCC(C)(C)C2)O1. The summed E-state index contributed by atoms with van der Waals surface area (Å²) in [6, 6.07) is 0. The predicted molar refractivity (Wildman–Crippen MR) is 67.6 cm³/mol. The van der Waals surface area contributed by atoms with Gasteiger partial charge in [-0.1, -0.05) is 27.7 Å². The molecule has 0 amide bonds. The summed E-state index contributed by atoms with van der Waals surface area (Å²) >= 11 is 0. The molecule has 0 aromatic carbocycles. The van der Waals surface area contributed by atoms with Crippen molar-refractivity contribution in [1.29, 1.82) is 0 Å². The highest BCUT2D eigenvalue weighted by Gasteiger charge is 2.50. The van der Waals surface area contributed by atoms with Crippen LogP contribution in [0.3, 0.4) is 0 Å². The van der Waals surface area contributed by atoms with Gasteiger partial charge in [-0.15, -0.1) is 0 Å². The molecule has 94 valence electrons. The number of rotatable bonds is 2. The molecule has 0 bridgehead atoms. The van der Waals surface area contributed by atoms with Gasteiger partial charge in [-0.05, 0) is 37.5 Å². The lowest BCUT2D eigenvalue weighted by molar-refractivity contribution is -0.181. The largest absolute Gasteiger partial charge is 0.366 e. The summed E-state index contributed by atoms with van der Waals surface area (Å²) in [5.41, 5.74) is 0.693. The molecule has 1 N–H and O–H groups in total. The third-order valence-electron chi connectivity index (χ3n) is 4.67. The summed E-state index contributed by atoms with van der Waals surface area (Å²) in [7, 11) is 0.